The Kier molecular flexibility index (Phi) is 28.4. The molecule has 0 unspecified atom stereocenters. The lowest BCUT2D eigenvalue weighted by Gasteiger charge is -2.30. The van der Waals surface area contributed by atoms with Crippen molar-refractivity contribution in [3.63, 3.8) is 0 Å². The number of ether oxygens (including phenoxy) is 8. The second kappa shape index (κ2) is 41.4. The fourth-order valence-electron chi connectivity index (χ4n) is 19.9. The summed E-state index contributed by atoms with van der Waals surface area (Å²) in [5.41, 5.74) is 12.9. The van der Waals surface area contributed by atoms with Crippen molar-refractivity contribution in [3.8, 4) is 93.0 Å². The third-order valence-corrected chi connectivity index (χ3v) is 31.9. The van der Waals surface area contributed by atoms with E-state index in [9.17, 15) is 0 Å². The summed E-state index contributed by atoms with van der Waals surface area (Å²) in [6.45, 7) is 9.18. The van der Waals surface area contributed by atoms with Crippen molar-refractivity contribution in [2.24, 2.45) is 0 Å². The number of aromatic nitrogens is 8. The van der Waals surface area contributed by atoms with E-state index in [1.54, 1.807) is 45.3 Å². The summed E-state index contributed by atoms with van der Waals surface area (Å²) in [4.78, 5) is 43.8. The van der Waals surface area contributed by atoms with Crippen LogP contribution in [0.4, 0.5) is 0 Å². The Morgan fingerprint density at radius 2 is 0.375 bits per heavy atom. The van der Waals surface area contributed by atoms with E-state index in [4.69, 9.17) is 102 Å². The van der Waals surface area contributed by atoms with Crippen LogP contribution in [0.5, 0.6) is 93.0 Å². The molecule has 0 atom stereocenters. The Morgan fingerprint density at radius 1 is 0.211 bits per heavy atom. The maximum Gasteiger partial charge on any atom is 0.284 e. The molecule has 8 aromatic carbocycles. The summed E-state index contributed by atoms with van der Waals surface area (Å²) in [7, 11) is 0. The molecule has 16 nitrogen and oxygen atoms in total. The predicted molar refractivity (Wildman–Crippen MR) is 527 cm³/mol. The predicted octanol–water partition coefficient (Wildman–Crippen LogP) is 35.6. The summed E-state index contributed by atoms with van der Waals surface area (Å²) in [6, 6.07) is 42.4. The van der Waals surface area contributed by atoms with Crippen LogP contribution in [0.3, 0.4) is 0 Å². The lowest BCUT2D eigenvalue weighted by atomic mass is 9.76. The molecule has 8 bridgehead atoms. The van der Waals surface area contributed by atoms with E-state index < -0.39 is 0 Å². The van der Waals surface area contributed by atoms with Crippen LogP contribution in [-0.4, -0.2) is 39.9 Å². The van der Waals surface area contributed by atoms with Gasteiger partial charge in [0, 0.05) is 111 Å². The minimum atomic E-state index is -0.383. The van der Waals surface area contributed by atoms with Gasteiger partial charge in [-0.1, -0.05) is 308 Å². The van der Waals surface area contributed by atoms with Crippen LogP contribution >= 0.6 is 69.8 Å². The van der Waals surface area contributed by atoms with Gasteiger partial charge in [-0.15, -0.1) is 45.3 Å². The molecule has 0 amide bonds. The molecule has 1 aliphatic carbocycles. The molecule has 0 fully saturated rings. The van der Waals surface area contributed by atoms with Gasteiger partial charge >= 0.3 is 0 Å². The molecule has 0 spiro atoms. The molecule has 5 aliphatic rings. The largest absolute Gasteiger partial charge is 0.434 e. The number of unbranched alkanes of at least 4 members (excludes halogenated alkanes) is 32. The monoisotopic (exact) mass is 1820 g/mol. The molecule has 664 valence electrons. The molecule has 10 heterocycles. The van der Waals surface area contributed by atoms with E-state index in [1.165, 1.54) is 154 Å². The highest BCUT2D eigenvalue weighted by molar-refractivity contribution is 7.77. The smallest absolute Gasteiger partial charge is 0.284 e. The first kappa shape index (κ1) is 87.9. The zero-order chi connectivity index (χ0) is 86.8. The first-order valence-electron chi connectivity index (χ1n) is 48.2. The minimum Gasteiger partial charge on any atom is -0.434 e. The summed E-state index contributed by atoms with van der Waals surface area (Å²) >= 11 is 18.1. The molecule has 6 aromatic heterocycles. The molecule has 19 rings (SSSR count). The van der Waals surface area contributed by atoms with Crippen LogP contribution in [-0.2, 0) is 0 Å². The second-order valence-corrected chi connectivity index (χ2v) is 42.6. The Hall–Kier alpha value is -9.42. The Balaban J connectivity index is 0.914. The third-order valence-electron chi connectivity index (χ3n) is 26.7. The number of nitrogens with zero attached hydrogens (tertiary/aromatic N) is 8. The molecule has 0 saturated heterocycles. The van der Waals surface area contributed by atoms with Gasteiger partial charge in [0.25, 0.3) is 47.0 Å². The Morgan fingerprint density at radius 3 is 0.555 bits per heavy atom. The fraction of sp³-hybridized carbons (Fsp3) is 0.453. The first-order chi connectivity index (χ1) is 63.0. The van der Waals surface area contributed by atoms with E-state index >= 15 is 0 Å². The van der Waals surface area contributed by atoms with Crippen LogP contribution < -0.4 is 37.9 Å². The quantitative estimate of drug-likeness (QED) is 0.0261. The lowest BCUT2D eigenvalue weighted by Crippen LogP contribution is -2.13. The first-order valence-corrected chi connectivity index (χ1v) is 52.3. The molecule has 4 aliphatic heterocycles. The molecular formula is C106H116N8O8S6. The molecule has 0 N–H and O–H groups in total. The topological polar surface area (TPSA) is 177 Å². The molecule has 0 saturated carbocycles. The van der Waals surface area contributed by atoms with E-state index in [0.29, 0.717) is 90.1 Å². The van der Waals surface area contributed by atoms with Crippen molar-refractivity contribution in [3.05, 3.63) is 172 Å². The SMILES string of the molecule is CCCCCCCCCCCC1c2cc3c4cc2Oc2nc5ccccc5nc2Oc2cc5c(cc21)C(CCCCCCCCCCC)c1cc2c(cc1Oc1nc6cc7sc(=S)sc7cc6nc1O5)Oc1nc5ccccc5nc1Oc1cc(c(cc1C2CCCCCCCCCCC)C3CCCCCCCCCCC)Oc1nc2cc3sc(=S)sc3cc2nc1O4. The van der Waals surface area contributed by atoms with E-state index in [0.717, 1.165) is 172 Å². The van der Waals surface area contributed by atoms with Gasteiger partial charge < -0.3 is 37.9 Å². The van der Waals surface area contributed by atoms with Gasteiger partial charge in [0.15, 0.2) is 0 Å². The van der Waals surface area contributed by atoms with Crippen LogP contribution in [0, 0.1) is 6.28 Å². The molecule has 22 heteroatoms. The van der Waals surface area contributed by atoms with Crippen molar-refractivity contribution < 1.29 is 37.9 Å². The van der Waals surface area contributed by atoms with Crippen LogP contribution in [0.2, 0.25) is 0 Å². The summed E-state index contributed by atoms with van der Waals surface area (Å²) in [5, 5.41) is 0. The van der Waals surface area contributed by atoms with Gasteiger partial charge in [0.05, 0.1) is 44.1 Å². The highest BCUT2D eigenvalue weighted by Gasteiger charge is 2.41. The number of para-hydroxylation sites is 4. The van der Waals surface area contributed by atoms with Gasteiger partial charge in [-0.05, 0) is 98.5 Å². The van der Waals surface area contributed by atoms with Crippen molar-refractivity contribution in [1.82, 2.24) is 39.9 Å². The zero-order valence-corrected chi connectivity index (χ0v) is 79.3. The maximum absolute atomic E-state index is 7.78. The van der Waals surface area contributed by atoms with E-state index in [2.05, 4.69) is 100 Å². The molecular weight excluding hydrogens is 1710 g/mol. The standard InChI is InChI=1S/C106H116N8O8S6/c1-5-9-13-17-21-25-29-33-37-45-65-69-53-73-67(47-39-35-31-27-23-19-15-11-7-3)75-55-71-66(46-38-34-30-26-22-18-14-10-6-2)72-56-76-68(48-40-36-32-28-24-20-16-12-8-4)74-54-70(65)86-62-90(74)120-102-104(114-84-60-96-94(58-82(84)112-102)126-106(124)128-96)122-92(76)64-88(72)118-100-99(109-79-51-43-44-52-80(79)110-100)117-87(71)63-91(75)121-103-101(111-81-57-93-95(59-83(81)113-103)127-105(123)125-93)119-89(73)61-85(69)115-97-98(116-86)108-78-50-42-41-49-77(78)107-97/h41-44,49-68H,5-40,45-48H2,1-4H3. The lowest BCUT2D eigenvalue weighted by molar-refractivity contribution is 0.377. The van der Waals surface area contributed by atoms with Gasteiger partial charge in [0.1, 0.15) is 52.3 Å². The van der Waals surface area contributed by atoms with Crippen molar-refractivity contribution >= 4 is 133 Å². The number of hydrogen-bond donors (Lipinski definition) is 0. The van der Waals surface area contributed by atoms with Crippen LogP contribution in [0.1, 0.15) is 353 Å². The third kappa shape index (κ3) is 19.8. The summed E-state index contributed by atoms with van der Waals surface area (Å²) in [6.07, 6.45) is 44.7. The second-order valence-electron chi connectivity index (χ2n) is 36.0. The molecule has 128 heavy (non-hydrogen) atoms. The normalized spacial score (nSPS) is 15.6. The highest BCUT2D eigenvalue weighted by Crippen LogP contribution is 2.60. The molecule has 0 radical (unpaired) electrons. The minimum absolute atomic E-state index is 0.191. The fourth-order valence-corrected chi connectivity index (χ4v) is 24.9. The van der Waals surface area contributed by atoms with E-state index in [1.807, 2.05) is 48.5 Å². The molecule has 14 aromatic rings. The average Bonchev–Trinajstić information content (AvgIpc) is 1.50. The van der Waals surface area contributed by atoms with Crippen LogP contribution in [0.15, 0.2) is 121 Å². The van der Waals surface area contributed by atoms with Gasteiger partial charge in [-0.25, -0.2) is 39.9 Å². The highest BCUT2D eigenvalue weighted by atomic mass is 32.2. The average molecular weight is 1820 g/mol. The number of hydrogen-bond acceptors (Lipinski definition) is 22. The Bertz CT molecular complexity index is 5770. The number of fused-ring (bicyclic) bond motifs is 10. The van der Waals surface area contributed by atoms with Gasteiger partial charge in [-0.2, -0.15) is 0 Å². The number of rotatable bonds is 40. The van der Waals surface area contributed by atoms with Gasteiger partial charge in [0.2, 0.25) is 0 Å². The van der Waals surface area contributed by atoms with Crippen molar-refractivity contribution in [2.75, 3.05) is 0 Å². The van der Waals surface area contributed by atoms with Crippen molar-refractivity contribution in [2.45, 2.75) is 308 Å². The summed E-state index contributed by atoms with van der Waals surface area (Å²) in [5.74, 6) is 4.49. The Labute approximate surface area is 777 Å². The summed E-state index contributed by atoms with van der Waals surface area (Å²) < 4.78 is 67.7. The van der Waals surface area contributed by atoms with Gasteiger partial charge in [-0.3, -0.25) is 0 Å². The maximum atomic E-state index is 7.78. The number of benzene rings is 8. The zero-order valence-electron chi connectivity index (χ0n) is 74.4. The van der Waals surface area contributed by atoms with E-state index in [-0.39, 0.29) is 70.7 Å². The van der Waals surface area contributed by atoms with Crippen LogP contribution in [0.25, 0.3) is 62.9 Å². The van der Waals surface area contributed by atoms with Crippen molar-refractivity contribution in [1.29, 1.82) is 0 Å².